The molecule has 1 aromatic heterocycles. The van der Waals surface area contributed by atoms with Gasteiger partial charge < -0.3 is 0 Å². The highest BCUT2D eigenvalue weighted by Crippen LogP contribution is 2.40. The van der Waals surface area contributed by atoms with Crippen LogP contribution in [0.4, 0.5) is 0 Å². The molecule has 0 N–H and O–H groups in total. The van der Waals surface area contributed by atoms with Gasteiger partial charge in [-0.1, -0.05) is 35.4 Å². The Morgan fingerprint density at radius 1 is 0.667 bits per heavy atom. The quantitative estimate of drug-likeness (QED) is 0.402. The van der Waals surface area contributed by atoms with E-state index in [4.69, 9.17) is 0 Å². The molecule has 0 saturated carbocycles. The van der Waals surface area contributed by atoms with E-state index in [2.05, 4.69) is 4.98 Å². The largest absolute Gasteiger partial charge is 0.259 e. The van der Waals surface area contributed by atoms with E-state index in [-0.39, 0.29) is 36.0 Å². The number of aryl methyl sites for hydroxylation is 2. The van der Waals surface area contributed by atoms with E-state index in [1.807, 2.05) is 26.0 Å². The average Bonchev–Trinajstić information content (AvgIpc) is 3.30. The molecule has 0 radical (unpaired) electrons. The summed E-state index contributed by atoms with van der Waals surface area (Å²) in [6.45, 7) is 4.62. The van der Waals surface area contributed by atoms with Crippen LogP contribution in [0, 0.1) is 13.8 Å². The fourth-order valence-corrected chi connectivity index (χ4v) is 7.88. The second-order valence-electron chi connectivity index (χ2n) is 9.52. The molecule has 2 aliphatic rings. The molecule has 0 fully saturated rings. The first-order valence-corrected chi connectivity index (χ1v) is 14.6. The Morgan fingerprint density at radius 2 is 1.19 bits per heavy atom. The molecule has 0 spiro atoms. The number of pyridine rings is 1. The van der Waals surface area contributed by atoms with Crippen molar-refractivity contribution < 1.29 is 16.8 Å². The molecule has 9 heteroatoms. The van der Waals surface area contributed by atoms with Crippen molar-refractivity contribution >= 4 is 30.8 Å². The lowest BCUT2D eigenvalue weighted by Gasteiger charge is -2.29. The third-order valence-electron chi connectivity index (χ3n) is 7.10. The molecule has 2 aliphatic heterocycles. The standard InChI is InChI=1S/C27H25N3O4S2/c1-18-3-7-22(8-4-18)35(31,32)29-14-21-13-20-11-12-28-26-17-30(16-25(27(20)26)24(21)15-29)36(33,34)23-9-5-19(2)6-10-23/h3-13H,14-17H2,1-2H3. The minimum Gasteiger partial charge on any atom is -0.259 e. The summed E-state index contributed by atoms with van der Waals surface area (Å²) in [6, 6.07) is 17.6. The Balaban J connectivity index is 1.42. The van der Waals surface area contributed by atoms with E-state index >= 15 is 0 Å². The van der Waals surface area contributed by atoms with Crippen LogP contribution < -0.4 is 0 Å². The fourth-order valence-electron chi connectivity index (χ4n) is 5.12. The number of benzene rings is 3. The van der Waals surface area contributed by atoms with Crippen molar-refractivity contribution in [3.63, 3.8) is 0 Å². The first-order valence-electron chi connectivity index (χ1n) is 11.7. The Kier molecular flexibility index (Phi) is 5.31. The number of fused-ring (bicyclic) bond motifs is 2. The zero-order valence-electron chi connectivity index (χ0n) is 20.0. The zero-order valence-corrected chi connectivity index (χ0v) is 21.6. The lowest BCUT2D eigenvalue weighted by Crippen LogP contribution is -2.34. The molecule has 0 saturated heterocycles. The highest BCUT2D eigenvalue weighted by Gasteiger charge is 2.37. The van der Waals surface area contributed by atoms with E-state index in [0.29, 0.717) is 5.69 Å². The van der Waals surface area contributed by atoms with Gasteiger partial charge in [0.1, 0.15) is 0 Å². The van der Waals surface area contributed by atoms with Gasteiger partial charge in [0.15, 0.2) is 0 Å². The summed E-state index contributed by atoms with van der Waals surface area (Å²) < 4.78 is 56.9. The maximum Gasteiger partial charge on any atom is 0.243 e. The Bertz CT molecular complexity index is 1730. The zero-order chi connectivity index (χ0) is 25.2. The maximum atomic E-state index is 13.6. The van der Waals surface area contributed by atoms with Crippen LogP contribution in [-0.2, 0) is 46.2 Å². The third-order valence-corrected chi connectivity index (χ3v) is 10.7. The Labute approximate surface area is 211 Å². The highest BCUT2D eigenvalue weighted by molar-refractivity contribution is 7.89. The highest BCUT2D eigenvalue weighted by atomic mass is 32.2. The van der Waals surface area contributed by atoms with Crippen molar-refractivity contribution in [3.05, 3.63) is 100 Å². The summed E-state index contributed by atoms with van der Waals surface area (Å²) in [6.07, 6.45) is 1.69. The maximum absolute atomic E-state index is 13.6. The molecule has 184 valence electrons. The van der Waals surface area contributed by atoms with Crippen molar-refractivity contribution in [2.75, 3.05) is 0 Å². The van der Waals surface area contributed by atoms with Crippen LogP contribution in [0.25, 0.3) is 10.8 Å². The molecule has 3 heterocycles. The summed E-state index contributed by atoms with van der Waals surface area (Å²) in [4.78, 5) is 5.01. The number of aromatic nitrogens is 1. The number of hydrogen-bond acceptors (Lipinski definition) is 5. The van der Waals surface area contributed by atoms with Crippen molar-refractivity contribution in [1.82, 2.24) is 13.6 Å². The summed E-state index contributed by atoms with van der Waals surface area (Å²) in [5.41, 5.74) is 5.28. The van der Waals surface area contributed by atoms with Gasteiger partial charge in [0.25, 0.3) is 0 Å². The molecule has 0 atom stereocenters. The fraction of sp³-hybridized carbons (Fsp3) is 0.222. The second kappa shape index (κ2) is 8.21. The molecule has 4 aromatic rings. The Hall–Kier alpha value is -3.11. The summed E-state index contributed by atoms with van der Waals surface area (Å²) >= 11 is 0. The van der Waals surface area contributed by atoms with Crippen LogP contribution in [0.3, 0.4) is 0 Å². The first kappa shape index (κ1) is 23.3. The monoisotopic (exact) mass is 519 g/mol. The first-order chi connectivity index (χ1) is 17.1. The SMILES string of the molecule is Cc1ccc(S(=O)(=O)N2Cc3cc4ccnc5c4c(c3C2)CN(S(=O)(=O)c2ccc(C)cc2)C5)cc1. The van der Waals surface area contributed by atoms with Crippen molar-refractivity contribution in [2.45, 2.75) is 49.8 Å². The topological polar surface area (TPSA) is 87.7 Å². The number of nitrogens with zero attached hydrogens (tertiary/aromatic N) is 3. The van der Waals surface area contributed by atoms with Crippen molar-refractivity contribution in [2.24, 2.45) is 0 Å². The van der Waals surface area contributed by atoms with Gasteiger partial charge in [0.05, 0.1) is 22.0 Å². The predicted molar refractivity (Wildman–Crippen MR) is 137 cm³/mol. The van der Waals surface area contributed by atoms with E-state index in [1.54, 1.807) is 54.7 Å². The van der Waals surface area contributed by atoms with Crippen LogP contribution in [0.5, 0.6) is 0 Å². The van der Waals surface area contributed by atoms with E-state index < -0.39 is 20.0 Å². The van der Waals surface area contributed by atoms with E-state index in [9.17, 15) is 16.8 Å². The third kappa shape index (κ3) is 3.66. The minimum absolute atomic E-state index is 0.171. The smallest absolute Gasteiger partial charge is 0.243 e. The summed E-state index contributed by atoms with van der Waals surface area (Å²) in [5, 5.41) is 1.89. The molecule has 6 rings (SSSR count). The molecule has 0 bridgehead atoms. The molecule has 0 unspecified atom stereocenters. The van der Waals surface area contributed by atoms with Gasteiger partial charge in [-0.25, -0.2) is 16.8 Å². The van der Waals surface area contributed by atoms with Crippen LogP contribution in [0.15, 0.2) is 76.7 Å². The Morgan fingerprint density at radius 3 is 1.78 bits per heavy atom. The molecule has 7 nitrogen and oxygen atoms in total. The van der Waals surface area contributed by atoms with Crippen molar-refractivity contribution in [3.8, 4) is 0 Å². The van der Waals surface area contributed by atoms with Crippen molar-refractivity contribution in [1.29, 1.82) is 0 Å². The molecule has 36 heavy (non-hydrogen) atoms. The number of hydrogen-bond donors (Lipinski definition) is 0. The van der Waals surface area contributed by atoms with E-state index in [1.165, 1.54) is 8.61 Å². The number of rotatable bonds is 4. The average molecular weight is 520 g/mol. The van der Waals surface area contributed by atoms with Gasteiger partial charge in [-0.15, -0.1) is 0 Å². The summed E-state index contributed by atoms with van der Waals surface area (Å²) in [7, 11) is -7.47. The van der Waals surface area contributed by atoms with Crippen LogP contribution >= 0.6 is 0 Å². The lowest BCUT2D eigenvalue weighted by atomic mass is 9.93. The molecule has 3 aromatic carbocycles. The van der Waals surface area contributed by atoms with E-state index in [0.717, 1.165) is 38.6 Å². The lowest BCUT2D eigenvalue weighted by molar-refractivity contribution is 0.388. The van der Waals surface area contributed by atoms with Gasteiger partial charge >= 0.3 is 0 Å². The molecular formula is C27H25N3O4S2. The van der Waals surface area contributed by atoms with Crippen LogP contribution in [-0.4, -0.2) is 30.4 Å². The van der Waals surface area contributed by atoms with Gasteiger partial charge in [-0.3, -0.25) is 4.98 Å². The number of sulfonamides is 2. The van der Waals surface area contributed by atoms with Gasteiger partial charge in [0, 0.05) is 31.2 Å². The normalized spacial score (nSPS) is 16.4. The summed E-state index contributed by atoms with van der Waals surface area (Å²) in [5.74, 6) is 0. The molecule has 0 aliphatic carbocycles. The predicted octanol–water partition coefficient (Wildman–Crippen LogP) is 4.26. The van der Waals surface area contributed by atoms with Crippen LogP contribution in [0.2, 0.25) is 0 Å². The van der Waals surface area contributed by atoms with Crippen LogP contribution in [0.1, 0.15) is 33.5 Å². The van der Waals surface area contributed by atoms with Gasteiger partial charge in [-0.05, 0) is 72.3 Å². The molecule has 0 amide bonds. The second-order valence-corrected chi connectivity index (χ2v) is 13.4. The minimum atomic E-state index is -3.76. The molecular weight excluding hydrogens is 494 g/mol. The van der Waals surface area contributed by atoms with Gasteiger partial charge in [0.2, 0.25) is 20.0 Å². The van der Waals surface area contributed by atoms with Gasteiger partial charge in [-0.2, -0.15) is 8.61 Å².